The molecule has 168 valence electrons. The first-order valence-electron chi connectivity index (χ1n) is 9.97. The molecule has 3 rings (SSSR count). The number of anilines is 1. The van der Waals surface area contributed by atoms with E-state index >= 15 is 0 Å². The highest BCUT2D eigenvalue weighted by atomic mass is 35.5. The molecule has 1 amide bonds. The van der Waals surface area contributed by atoms with Gasteiger partial charge in [0.15, 0.2) is 0 Å². The molecule has 3 aromatic carbocycles. The number of ether oxygens (including phenoxy) is 1. The number of benzene rings is 3. The maximum absolute atomic E-state index is 13.2. The second kappa shape index (κ2) is 10.2. The van der Waals surface area contributed by atoms with Gasteiger partial charge >= 0.3 is 0 Å². The third-order valence-corrected chi connectivity index (χ3v) is 6.75. The van der Waals surface area contributed by atoms with Gasteiger partial charge in [-0.05, 0) is 61.2 Å². The predicted molar refractivity (Wildman–Crippen MR) is 127 cm³/mol. The van der Waals surface area contributed by atoms with Gasteiger partial charge < -0.3 is 10.1 Å². The Morgan fingerprint density at radius 2 is 1.75 bits per heavy atom. The van der Waals surface area contributed by atoms with Crippen LogP contribution in [0.1, 0.15) is 16.7 Å². The summed E-state index contributed by atoms with van der Waals surface area (Å²) < 4.78 is 33.8. The van der Waals surface area contributed by atoms with E-state index < -0.39 is 22.0 Å². The third-order valence-electron chi connectivity index (χ3n) is 4.98. The molecule has 3 aromatic rings. The predicted octanol–water partition coefficient (Wildman–Crippen LogP) is 4.49. The van der Waals surface area contributed by atoms with E-state index in [2.05, 4.69) is 10.0 Å². The number of sulfonamides is 1. The van der Waals surface area contributed by atoms with Crippen LogP contribution in [0, 0.1) is 13.8 Å². The van der Waals surface area contributed by atoms with Crippen LogP contribution >= 0.6 is 11.6 Å². The first kappa shape index (κ1) is 23.8. The molecule has 0 unspecified atom stereocenters. The fourth-order valence-corrected chi connectivity index (χ4v) is 4.74. The van der Waals surface area contributed by atoms with Crippen molar-refractivity contribution >= 4 is 33.2 Å². The molecule has 0 aliphatic rings. The van der Waals surface area contributed by atoms with Crippen LogP contribution in [-0.2, 0) is 21.2 Å². The first-order chi connectivity index (χ1) is 15.2. The highest BCUT2D eigenvalue weighted by molar-refractivity contribution is 7.89. The standard InChI is InChI=1S/C24H25ClN2O4S/c1-16-9-10-17(2)21(13-16)26-24(28)22(14-18-7-5-4-6-8-18)27-32(29,30)19-11-12-23(31-3)20(25)15-19/h4-13,15,22,27H,14H2,1-3H3,(H,26,28)/t22-/m0/s1. The molecule has 2 N–H and O–H groups in total. The van der Waals surface area contributed by atoms with Gasteiger partial charge in [-0.15, -0.1) is 0 Å². The van der Waals surface area contributed by atoms with Crippen molar-refractivity contribution in [3.8, 4) is 5.75 Å². The summed E-state index contributed by atoms with van der Waals surface area (Å²) in [6.07, 6.45) is 0.181. The fraction of sp³-hybridized carbons (Fsp3) is 0.208. The van der Waals surface area contributed by atoms with Crippen molar-refractivity contribution in [3.05, 3.63) is 88.4 Å². The number of aryl methyl sites for hydroxylation is 2. The SMILES string of the molecule is COc1ccc(S(=O)(=O)N[C@@H](Cc2ccccc2)C(=O)Nc2cc(C)ccc2C)cc1Cl. The summed E-state index contributed by atoms with van der Waals surface area (Å²) in [4.78, 5) is 13.1. The summed E-state index contributed by atoms with van der Waals surface area (Å²) >= 11 is 6.11. The maximum Gasteiger partial charge on any atom is 0.242 e. The second-order valence-corrected chi connectivity index (χ2v) is 9.59. The molecule has 0 bridgehead atoms. The summed E-state index contributed by atoms with van der Waals surface area (Å²) in [5, 5.41) is 3.02. The van der Waals surface area contributed by atoms with Crippen LogP contribution in [0.5, 0.6) is 5.75 Å². The number of carbonyl (C=O) groups is 1. The van der Waals surface area contributed by atoms with Gasteiger partial charge in [-0.3, -0.25) is 4.79 Å². The van der Waals surface area contributed by atoms with Gasteiger partial charge in [0.25, 0.3) is 0 Å². The molecule has 8 heteroatoms. The Hall–Kier alpha value is -2.87. The van der Waals surface area contributed by atoms with E-state index in [4.69, 9.17) is 16.3 Å². The van der Waals surface area contributed by atoms with Gasteiger partial charge in [0, 0.05) is 5.69 Å². The van der Waals surface area contributed by atoms with Crippen LogP contribution in [0.4, 0.5) is 5.69 Å². The summed E-state index contributed by atoms with van der Waals surface area (Å²) in [6, 6.07) is 18.0. The Labute approximate surface area is 193 Å². The lowest BCUT2D eigenvalue weighted by Gasteiger charge is -2.20. The van der Waals surface area contributed by atoms with Crippen molar-refractivity contribution < 1.29 is 17.9 Å². The Kier molecular flexibility index (Phi) is 7.56. The average molecular weight is 473 g/mol. The quantitative estimate of drug-likeness (QED) is 0.505. The third kappa shape index (κ3) is 5.88. The van der Waals surface area contributed by atoms with Crippen LogP contribution in [0.25, 0.3) is 0 Å². The van der Waals surface area contributed by atoms with Crippen molar-refractivity contribution in [1.29, 1.82) is 0 Å². The molecule has 0 saturated carbocycles. The summed E-state index contributed by atoms with van der Waals surface area (Å²) in [6.45, 7) is 3.80. The fourth-order valence-electron chi connectivity index (χ4n) is 3.20. The molecule has 0 aromatic heterocycles. The zero-order valence-corrected chi connectivity index (χ0v) is 19.6. The summed E-state index contributed by atoms with van der Waals surface area (Å²) in [5.41, 5.74) is 3.33. The molecule has 0 saturated heterocycles. The monoisotopic (exact) mass is 472 g/mol. The van der Waals surface area contributed by atoms with E-state index in [1.165, 1.54) is 25.3 Å². The molecule has 0 heterocycles. The second-order valence-electron chi connectivity index (χ2n) is 7.47. The van der Waals surface area contributed by atoms with Crippen LogP contribution in [0.3, 0.4) is 0 Å². The average Bonchev–Trinajstić information content (AvgIpc) is 2.76. The van der Waals surface area contributed by atoms with Gasteiger partial charge in [-0.2, -0.15) is 4.72 Å². The van der Waals surface area contributed by atoms with Crippen LogP contribution in [-0.4, -0.2) is 27.5 Å². The van der Waals surface area contributed by atoms with E-state index in [0.717, 1.165) is 16.7 Å². The number of hydrogen-bond acceptors (Lipinski definition) is 4. The van der Waals surface area contributed by atoms with Crippen molar-refractivity contribution in [1.82, 2.24) is 4.72 Å². The molecule has 32 heavy (non-hydrogen) atoms. The molecule has 0 aliphatic carbocycles. The van der Waals surface area contributed by atoms with Gasteiger partial charge in [-0.25, -0.2) is 8.42 Å². The van der Waals surface area contributed by atoms with Gasteiger partial charge in [0.2, 0.25) is 15.9 Å². The molecule has 0 fully saturated rings. The normalized spacial score (nSPS) is 12.2. The maximum atomic E-state index is 13.2. The highest BCUT2D eigenvalue weighted by Gasteiger charge is 2.27. The Morgan fingerprint density at radius 1 is 1.03 bits per heavy atom. The zero-order chi connectivity index (χ0) is 23.3. The van der Waals surface area contributed by atoms with E-state index in [0.29, 0.717) is 11.4 Å². The lowest BCUT2D eigenvalue weighted by molar-refractivity contribution is -0.117. The van der Waals surface area contributed by atoms with Crippen LogP contribution < -0.4 is 14.8 Å². The van der Waals surface area contributed by atoms with E-state index in [1.807, 2.05) is 62.4 Å². The Balaban J connectivity index is 1.90. The lowest BCUT2D eigenvalue weighted by atomic mass is 10.1. The molecular weight excluding hydrogens is 448 g/mol. The Bertz CT molecular complexity index is 1210. The molecule has 6 nitrogen and oxygen atoms in total. The van der Waals surface area contributed by atoms with Crippen LogP contribution in [0.15, 0.2) is 71.6 Å². The number of rotatable bonds is 8. The van der Waals surface area contributed by atoms with Crippen molar-refractivity contribution in [2.45, 2.75) is 31.2 Å². The summed E-state index contributed by atoms with van der Waals surface area (Å²) in [5.74, 6) is -0.0927. The minimum atomic E-state index is -4.03. The zero-order valence-electron chi connectivity index (χ0n) is 18.1. The molecule has 0 radical (unpaired) electrons. The van der Waals surface area contributed by atoms with Gasteiger partial charge in [0.05, 0.1) is 17.0 Å². The molecule has 0 aliphatic heterocycles. The van der Waals surface area contributed by atoms with Crippen molar-refractivity contribution in [3.63, 3.8) is 0 Å². The number of amides is 1. The summed E-state index contributed by atoms with van der Waals surface area (Å²) in [7, 11) is -2.59. The molecule has 0 spiro atoms. The van der Waals surface area contributed by atoms with E-state index in [-0.39, 0.29) is 16.3 Å². The Morgan fingerprint density at radius 3 is 2.41 bits per heavy atom. The number of methoxy groups -OCH3 is 1. The number of carbonyl (C=O) groups excluding carboxylic acids is 1. The van der Waals surface area contributed by atoms with Gasteiger partial charge in [-0.1, -0.05) is 54.1 Å². The lowest BCUT2D eigenvalue weighted by Crippen LogP contribution is -2.45. The minimum Gasteiger partial charge on any atom is -0.495 e. The number of nitrogens with one attached hydrogen (secondary N) is 2. The molecular formula is C24H25ClN2O4S. The first-order valence-corrected chi connectivity index (χ1v) is 11.8. The van der Waals surface area contributed by atoms with E-state index in [9.17, 15) is 13.2 Å². The molecule has 1 atom stereocenters. The van der Waals surface area contributed by atoms with Gasteiger partial charge in [0.1, 0.15) is 11.8 Å². The largest absolute Gasteiger partial charge is 0.495 e. The number of hydrogen-bond donors (Lipinski definition) is 2. The van der Waals surface area contributed by atoms with Crippen LogP contribution in [0.2, 0.25) is 5.02 Å². The minimum absolute atomic E-state index is 0.0547. The van der Waals surface area contributed by atoms with Crippen molar-refractivity contribution in [2.75, 3.05) is 12.4 Å². The van der Waals surface area contributed by atoms with E-state index in [1.54, 1.807) is 0 Å². The topological polar surface area (TPSA) is 84.5 Å². The number of halogens is 1. The smallest absolute Gasteiger partial charge is 0.242 e. The highest BCUT2D eigenvalue weighted by Crippen LogP contribution is 2.27. The van der Waals surface area contributed by atoms with Crippen molar-refractivity contribution in [2.24, 2.45) is 0 Å².